The van der Waals surface area contributed by atoms with E-state index in [9.17, 15) is 13.2 Å². The van der Waals surface area contributed by atoms with Crippen LogP contribution in [0.3, 0.4) is 0 Å². The van der Waals surface area contributed by atoms with Crippen molar-refractivity contribution in [2.75, 3.05) is 4.72 Å². The minimum Gasteiger partial charge on any atom is -0.316 e. The Morgan fingerprint density at radius 1 is 1.06 bits per heavy atom. The number of anilines is 1. The quantitative estimate of drug-likeness (QED) is 0.347. The second-order valence-electron chi connectivity index (χ2n) is 7.96. The van der Waals surface area contributed by atoms with E-state index in [1.807, 2.05) is 4.57 Å². The van der Waals surface area contributed by atoms with Gasteiger partial charge in [-0.2, -0.15) is 4.99 Å². The van der Waals surface area contributed by atoms with Crippen molar-refractivity contribution >= 4 is 54.8 Å². The number of benzene rings is 3. The van der Waals surface area contributed by atoms with Crippen molar-refractivity contribution in [2.45, 2.75) is 38.6 Å². The van der Waals surface area contributed by atoms with Crippen LogP contribution in [-0.4, -0.2) is 18.9 Å². The van der Waals surface area contributed by atoms with Crippen molar-refractivity contribution < 1.29 is 13.2 Å². The molecule has 0 spiro atoms. The van der Waals surface area contributed by atoms with Crippen LogP contribution in [0, 0.1) is 13.8 Å². The zero-order valence-corrected chi connectivity index (χ0v) is 21.4. The first kappa shape index (κ1) is 24.2. The summed E-state index contributed by atoms with van der Waals surface area (Å²) in [6.07, 6.45) is 0.887. The van der Waals surface area contributed by atoms with Gasteiger partial charge in [0.1, 0.15) is 0 Å². The summed E-state index contributed by atoms with van der Waals surface area (Å²) in [5.74, 6) is -0.515. The van der Waals surface area contributed by atoms with Gasteiger partial charge in [-0.15, -0.1) is 0 Å². The lowest BCUT2D eigenvalue weighted by Gasteiger charge is -2.11. The van der Waals surface area contributed by atoms with Gasteiger partial charge in [-0.05, 0) is 79.9 Å². The van der Waals surface area contributed by atoms with Gasteiger partial charge >= 0.3 is 0 Å². The first-order chi connectivity index (χ1) is 16.2. The van der Waals surface area contributed by atoms with Crippen LogP contribution in [0.1, 0.15) is 34.8 Å². The average molecular weight is 514 g/mol. The Kier molecular flexibility index (Phi) is 6.93. The summed E-state index contributed by atoms with van der Waals surface area (Å²) in [4.78, 5) is 18.3. The number of amides is 1. The number of nitrogens with one attached hydrogen (secondary N) is 1. The van der Waals surface area contributed by atoms with E-state index in [0.29, 0.717) is 9.82 Å². The van der Waals surface area contributed by atoms with Crippen LogP contribution in [0.4, 0.5) is 5.69 Å². The Bertz CT molecular complexity index is 1550. The van der Waals surface area contributed by atoms with Crippen molar-refractivity contribution in [2.24, 2.45) is 4.99 Å². The third-order valence-corrected chi connectivity index (χ3v) is 8.14. The lowest BCUT2D eigenvalue weighted by molar-refractivity contribution is 0.0998. The molecular weight excluding hydrogens is 490 g/mol. The lowest BCUT2D eigenvalue weighted by atomic mass is 10.1. The topological polar surface area (TPSA) is 80.5 Å². The molecule has 4 aromatic rings. The second-order valence-corrected chi connectivity index (χ2v) is 11.1. The molecule has 1 N–H and O–H groups in total. The molecule has 0 aliphatic heterocycles. The lowest BCUT2D eigenvalue weighted by Crippen LogP contribution is -2.18. The summed E-state index contributed by atoms with van der Waals surface area (Å²) in [7, 11) is -3.91. The molecule has 1 amide bonds. The zero-order valence-electron chi connectivity index (χ0n) is 19.0. The van der Waals surface area contributed by atoms with E-state index < -0.39 is 15.9 Å². The summed E-state index contributed by atoms with van der Waals surface area (Å²) in [5.41, 5.74) is 3.74. The van der Waals surface area contributed by atoms with E-state index in [2.05, 4.69) is 42.6 Å². The summed E-state index contributed by atoms with van der Waals surface area (Å²) in [6, 6.07) is 16.5. The van der Waals surface area contributed by atoms with Crippen LogP contribution in [0.2, 0.25) is 5.02 Å². The number of sulfonamides is 1. The van der Waals surface area contributed by atoms with Crippen LogP contribution in [0.5, 0.6) is 0 Å². The van der Waals surface area contributed by atoms with Gasteiger partial charge in [0.25, 0.3) is 15.9 Å². The minimum atomic E-state index is -3.91. The molecule has 0 bridgehead atoms. The van der Waals surface area contributed by atoms with E-state index in [0.717, 1.165) is 23.2 Å². The third kappa shape index (κ3) is 4.94. The molecule has 1 heterocycles. The highest BCUT2D eigenvalue weighted by Crippen LogP contribution is 2.24. The Balaban J connectivity index is 1.76. The van der Waals surface area contributed by atoms with Crippen molar-refractivity contribution in [3.63, 3.8) is 0 Å². The van der Waals surface area contributed by atoms with Gasteiger partial charge in [-0.1, -0.05) is 42.0 Å². The maximum atomic E-state index is 13.2. The Morgan fingerprint density at radius 2 is 1.74 bits per heavy atom. The van der Waals surface area contributed by atoms with Crippen LogP contribution >= 0.6 is 22.9 Å². The Morgan fingerprint density at radius 3 is 2.44 bits per heavy atom. The molecule has 34 heavy (non-hydrogen) atoms. The van der Waals surface area contributed by atoms with E-state index in [4.69, 9.17) is 11.6 Å². The molecule has 0 radical (unpaired) electrons. The van der Waals surface area contributed by atoms with Gasteiger partial charge in [0.05, 0.1) is 26.4 Å². The molecular formula is C25H24ClN3O3S2. The number of para-hydroxylation sites is 1. The highest BCUT2D eigenvalue weighted by Gasteiger charge is 2.19. The molecule has 4 rings (SSSR count). The zero-order chi connectivity index (χ0) is 24.5. The number of aryl methyl sites for hydroxylation is 3. The molecule has 0 atom stereocenters. The number of halogens is 1. The van der Waals surface area contributed by atoms with Gasteiger partial charge in [0.15, 0.2) is 4.80 Å². The van der Waals surface area contributed by atoms with Crippen molar-refractivity contribution in [3.8, 4) is 0 Å². The monoisotopic (exact) mass is 513 g/mol. The number of nitrogens with zero attached hydrogens (tertiary/aromatic N) is 2. The van der Waals surface area contributed by atoms with Crippen LogP contribution in [-0.2, 0) is 16.6 Å². The van der Waals surface area contributed by atoms with Gasteiger partial charge in [0.2, 0.25) is 0 Å². The number of aromatic nitrogens is 1. The summed E-state index contributed by atoms with van der Waals surface area (Å²) >= 11 is 7.33. The maximum Gasteiger partial charge on any atom is 0.281 e. The fourth-order valence-corrected chi connectivity index (χ4v) is 5.91. The first-order valence-electron chi connectivity index (χ1n) is 10.8. The normalized spacial score (nSPS) is 12.3. The standard InChI is InChI=1S/C25H24ClN3O3S2/c1-4-13-29-22-14-16(2)17(3)15-23(22)33-25(29)27-24(30)20-7-5-6-8-21(20)28-34(31,32)19-11-9-18(26)10-12-19/h5-12,14-15,28H,4,13H2,1-3H3. The predicted molar refractivity (Wildman–Crippen MR) is 138 cm³/mol. The Hall–Kier alpha value is -2.94. The molecule has 0 unspecified atom stereocenters. The molecule has 1 aromatic heterocycles. The van der Waals surface area contributed by atoms with Crippen molar-refractivity contribution in [1.82, 2.24) is 4.57 Å². The largest absolute Gasteiger partial charge is 0.316 e. The van der Waals surface area contributed by atoms with Crippen LogP contribution < -0.4 is 9.52 Å². The SMILES string of the molecule is CCCn1c(=NC(=O)c2ccccc2NS(=O)(=O)c2ccc(Cl)cc2)sc2cc(C)c(C)cc21. The van der Waals surface area contributed by atoms with Gasteiger partial charge in [-0.3, -0.25) is 9.52 Å². The highest BCUT2D eigenvalue weighted by atomic mass is 35.5. The molecule has 0 saturated heterocycles. The van der Waals surface area contributed by atoms with E-state index in [1.165, 1.54) is 46.7 Å². The van der Waals surface area contributed by atoms with Crippen LogP contribution in [0.15, 0.2) is 70.6 Å². The molecule has 176 valence electrons. The molecule has 3 aromatic carbocycles. The minimum absolute atomic E-state index is 0.0483. The molecule has 0 aliphatic rings. The number of hydrogen-bond donors (Lipinski definition) is 1. The fourth-order valence-electron chi connectivity index (χ4n) is 3.57. The van der Waals surface area contributed by atoms with Crippen molar-refractivity contribution in [1.29, 1.82) is 0 Å². The molecule has 9 heteroatoms. The number of hydrogen-bond acceptors (Lipinski definition) is 4. The van der Waals surface area contributed by atoms with E-state index in [-0.39, 0.29) is 16.1 Å². The smallest absolute Gasteiger partial charge is 0.281 e. The van der Waals surface area contributed by atoms with Crippen molar-refractivity contribution in [3.05, 3.63) is 87.2 Å². The predicted octanol–water partition coefficient (Wildman–Crippen LogP) is 5.92. The first-order valence-corrected chi connectivity index (χ1v) is 13.4. The fraction of sp³-hybridized carbons (Fsp3) is 0.200. The van der Waals surface area contributed by atoms with Gasteiger partial charge in [0, 0.05) is 11.6 Å². The number of rotatable bonds is 6. The maximum absolute atomic E-state index is 13.2. The van der Waals surface area contributed by atoms with Crippen LogP contribution in [0.25, 0.3) is 10.2 Å². The number of carbonyl (C=O) groups excluding carboxylic acids is 1. The molecule has 0 saturated carbocycles. The molecule has 0 aliphatic carbocycles. The molecule has 6 nitrogen and oxygen atoms in total. The highest BCUT2D eigenvalue weighted by molar-refractivity contribution is 7.92. The number of thiazole rings is 1. The Labute approximate surface area is 207 Å². The van der Waals surface area contributed by atoms with E-state index in [1.54, 1.807) is 24.3 Å². The summed E-state index contributed by atoms with van der Waals surface area (Å²) < 4.78 is 31.4. The summed E-state index contributed by atoms with van der Waals surface area (Å²) in [6.45, 7) is 6.92. The van der Waals surface area contributed by atoms with Gasteiger partial charge < -0.3 is 4.57 Å². The number of fused-ring (bicyclic) bond motifs is 1. The third-order valence-electron chi connectivity index (χ3n) is 5.47. The second kappa shape index (κ2) is 9.74. The molecule has 0 fully saturated rings. The average Bonchev–Trinajstić information content (AvgIpc) is 3.10. The van der Waals surface area contributed by atoms with E-state index >= 15 is 0 Å². The summed E-state index contributed by atoms with van der Waals surface area (Å²) in [5, 5.41) is 0.433. The van der Waals surface area contributed by atoms with Gasteiger partial charge in [-0.25, -0.2) is 8.42 Å². The number of carbonyl (C=O) groups is 1.